The zero-order chi connectivity index (χ0) is 30.3. The van der Waals surface area contributed by atoms with Crippen LogP contribution >= 0.6 is 11.8 Å². The molecule has 11 heteroatoms. The summed E-state index contributed by atoms with van der Waals surface area (Å²) in [6.45, 7) is 4.11. The summed E-state index contributed by atoms with van der Waals surface area (Å²) in [5.74, 6) is -0.343. The van der Waals surface area contributed by atoms with Crippen LogP contribution in [0.2, 0.25) is 0 Å². The number of aliphatic imine (C=N–C) groups is 1. The molecule has 0 spiro atoms. The van der Waals surface area contributed by atoms with Crippen molar-refractivity contribution < 1.29 is 27.5 Å². The molecule has 0 atom stereocenters. The van der Waals surface area contributed by atoms with Crippen LogP contribution in [0.5, 0.6) is 5.75 Å². The first kappa shape index (κ1) is 28.5. The number of halogens is 3. The molecule has 6 rings (SSSR count). The standard InChI is InChI=1S/C32H25F3N4O3S/c1-19(2)24-5-3-4-6-26(24)39-29(41)17-43-31(39)37-28(40)16-20-7-13-25-21(15-20)8-14-27-30(25)36-18-38(27)22-9-11-23(12-10-22)42-32(33,34)35/h3-15,18-19H,16-17H2,1-2H3. The molecule has 43 heavy (non-hydrogen) atoms. The summed E-state index contributed by atoms with van der Waals surface area (Å²) < 4.78 is 43.3. The Labute approximate surface area is 249 Å². The number of thioether (sulfide) groups is 1. The van der Waals surface area contributed by atoms with Gasteiger partial charge in [-0.05, 0) is 58.8 Å². The van der Waals surface area contributed by atoms with Crippen LogP contribution < -0.4 is 9.64 Å². The van der Waals surface area contributed by atoms with E-state index in [1.165, 1.54) is 36.0 Å². The Balaban J connectivity index is 1.23. The van der Waals surface area contributed by atoms with E-state index in [1.54, 1.807) is 15.8 Å². The Morgan fingerprint density at radius 1 is 1.05 bits per heavy atom. The van der Waals surface area contributed by atoms with Crippen molar-refractivity contribution in [2.24, 2.45) is 4.99 Å². The van der Waals surface area contributed by atoms with Crippen molar-refractivity contribution in [3.05, 3.63) is 96.3 Å². The molecule has 0 radical (unpaired) electrons. The molecule has 1 fully saturated rings. The average molecular weight is 603 g/mol. The minimum Gasteiger partial charge on any atom is -0.406 e. The monoisotopic (exact) mass is 602 g/mol. The number of para-hydroxylation sites is 1. The number of ether oxygens (including phenoxy) is 1. The fourth-order valence-corrected chi connectivity index (χ4v) is 6.04. The molecule has 1 aliphatic rings. The van der Waals surface area contributed by atoms with Gasteiger partial charge in [0.05, 0.1) is 28.9 Å². The van der Waals surface area contributed by atoms with Crippen LogP contribution in [0.4, 0.5) is 18.9 Å². The molecular weight excluding hydrogens is 577 g/mol. The minimum atomic E-state index is -4.76. The lowest BCUT2D eigenvalue weighted by Crippen LogP contribution is -2.31. The molecule has 4 aromatic carbocycles. The highest BCUT2D eigenvalue weighted by molar-refractivity contribution is 8.15. The third kappa shape index (κ3) is 5.85. The Morgan fingerprint density at radius 3 is 2.56 bits per heavy atom. The number of fused-ring (bicyclic) bond motifs is 3. The maximum Gasteiger partial charge on any atom is 0.573 e. The number of carbonyl (C=O) groups excluding carboxylic acids is 2. The van der Waals surface area contributed by atoms with E-state index in [1.807, 2.05) is 54.6 Å². The second-order valence-corrected chi connectivity index (χ2v) is 11.3. The minimum absolute atomic E-state index is 0.0622. The largest absolute Gasteiger partial charge is 0.573 e. The van der Waals surface area contributed by atoms with E-state index in [0.29, 0.717) is 16.4 Å². The first-order chi connectivity index (χ1) is 20.6. The predicted octanol–water partition coefficient (Wildman–Crippen LogP) is 7.41. The number of hydrogen-bond donors (Lipinski definition) is 0. The fraction of sp³-hybridized carbons (Fsp3) is 0.188. The van der Waals surface area contributed by atoms with Gasteiger partial charge in [-0.3, -0.25) is 19.1 Å². The number of anilines is 1. The van der Waals surface area contributed by atoms with Crippen molar-refractivity contribution in [3.8, 4) is 11.4 Å². The Kier molecular flexibility index (Phi) is 7.43. The number of hydrogen-bond acceptors (Lipinski definition) is 5. The van der Waals surface area contributed by atoms with E-state index in [9.17, 15) is 22.8 Å². The molecule has 0 N–H and O–H groups in total. The van der Waals surface area contributed by atoms with Gasteiger partial charge in [0.15, 0.2) is 5.17 Å². The van der Waals surface area contributed by atoms with Gasteiger partial charge >= 0.3 is 6.36 Å². The number of rotatable bonds is 6. The molecule has 0 aliphatic carbocycles. The van der Waals surface area contributed by atoms with E-state index in [-0.39, 0.29) is 35.7 Å². The maximum atomic E-state index is 13.1. The molecule has 7 nitrogen and oxygen atoms in total. The lowest BCUT2D eigenvalue weighted by Gasteiger charge is -2.21. The average Bonchev–Trinajstić information content (AvgIpc) is 3.55. The topological polar surface area (TPSA) is 76.8 Å². The first-order valence-corrected chi connectivity index (χ1v) is 14.5. The van der Waals surface area contributed by atoms with E-state index in [0.717, 1.165) is 33.1 Å². The highest BCUT2D eigenvalue weighted by Gasteiger charge is 2.32. The highest BCUT2D eigenvalue weighted by atomic mass is 32.2. The zero-order valence-electron chi connectivity index (χ0n) is 23.1. The molecule has 1 aliphatic heterocycles. The number of benzene rings is 4. The lowest BCUT2D eigenvalue weighted by molar-refractivity contribution is -0.274. The number of carbonyl (C=O) groups is 2. The number of aromatic nitrogens is 2. The molecule has 0 bridgehead atoms. The Bertz CT molecular complexity index is 1900. The predicted molar refractivity (Wildman–Crippen MR) is 162 cm³/mol. The summed E-state index contributed by atoms with van der Waals surface area (Å²) in [5.41, 5.74) is 4.65. The summed E-state index contributed by atoms with van der Waals surface area (Å²) in [5, 5.41) is 2.13. The molecule has 1 aromatic heterocycles. The molecular formula is C32H25F3N4O3S. The van der Waals surface area contributed by atoms with Gasteiger partial charge in [-0.25, -0.2) is 4.98 Å². The second-order valence-electron chi connectivity index (χ2n) is 10.3. The van der Waals surface area contributed by atoms with Crippen LogP contribution in [0.1, 0.15) is 30.9 Å². The van der Waals surface area contributed by atoms with Crippen molar-refractivity contribution in [1.82, 2.24) is 9.55 Å². The number of amides is 2. The first-order valence-electron chi connectivity index (χ1n) is 13.5. The van der Waals surface area contributed by atoms with Gasteiger partial charge in [-0.1, -0.05) is 68.1 Å². The van der Waals surface area contributed by atoms with Crippen LogP contribution in [-0.4, -0.2) is 38.6 Å². The van der Waals surface area contributed by atoms with Gasteiger partial charge in [0, 0.05) is 11.1 Å². The van der Waals surface area contributed by atoms with E-state index >= 15 is 0 Å². The zero-order valence-corrected chi connectivity index (χ0v) is 23.9. The van der Waals surface area contributed by atoms with Gasteiger partial charge in [-0.2, -0.15) is 4.99 Å². The molecule has 5 aromatic rings. The number of amidine groups is 1. The van der Waals surface area contributed by atoms with Crippen molar-refractivity contribution in [1.29, 1.82) is 0 Å². The third-order valence-electron chi connectivity index (χ3n) is 7.09. The van der Waals surface area contributed by atoms with Gasteiger partial charge in [0.2, 0.25) is 5.91 Å². The Hall–Kier alpha value is -4.64. The van der Waals surface area contributed by atoms with Crippen molar-refractivity contribution in [2.45, 2.75) is 32.5 Å². The van der Waals surface area contributed by atoms with Crippen LogP contribution in [0.25, 0.3) is 27.5 Å². The van der Waals surface area contributed by atoms with E-state index < -0.39 is 6.36 Å². The quantitative estimate of drug-likeness (QED) is 0.202. The summed E-state index contributed by atoms with van der Waals surface area (Å²) in [4.78, 5) is 36.2. The molecule has 2 heterocycles. The van der Waals surface area contributed by atoms with Crippen LogP contribution in [0, 0.1) is 0 Å². The van der Waals surface area contributed by atoms with Crippen LogP contribution in [0.3, 0.4) is 0 Å². The summed E-state index contributed by atoms with van der Waals surface area (Å²) in [6.07, 6.45) is -3.08. The van der Waals surface area contributed by atoms with Crippen LogP contribution in [0.15, 0.2) is 90.2 Å². The molecule has 2 amide bonds. The summed E-state index contributed by atoms with van der Waals surface area (Å²) >= 11 is 1.26. The fourth-order valence-electron chi connectivity index (χ4n) is 5.17. The van der Waals surface area contributed by atoms with Crippen molar-refractivity contribution in [3.63, 3.8) is 0 Å². The van der Waals surface area contributed by atoms with Crippen molar-refractivity contribution >= 4 is 56.2 Å². The summed E-state index contributed by atoms with van der Waals surface area (Å²) in [7, 11) is 0. The lowest BCUT2D eigenvalue weighted by atomic mass is 10.0. The summed E-state index contributed by atoms with van der Waals surface area (Å²) in [6, 6.07) is 22.7. The number of nitrogens with zero attached hydrogens (tertiary/aromatic N) is 4. The molecule has 0 saturated carbocycles. The molecule has 218 valence electrons. The van der Waals surface area contributed by atoms with Gasteiger partial charge in [0.25, 0.3) is 5.91 Å². The van der Waals surface area contributed by atoms with Crippen molar-refractivity contribution in [2.75, 3.05) is 10.7 Å². The van der Waals surface area contributed by atoms with Crippen LogP contribution in [-0.2, 0) is 16.0 Å². The normalized spacial score (nSPS) is 14.9. The second kappa shape index (κ2) is 11.2. The SMILES string of the molecule is CC(C)c1ccccc1N1C(=O)CSC1=NC(=O)Cc1ccc2c(ccc3c2ncn3-c2ccc(OC(F)(F)F)cc2)c1. The number of imidazole rings is 1. The van der Waals surface area contributed by atoms with Gasteiger partial charge in [0.1, 0.15) is 12.1 Å². The maximum absolute atomic E-state index is 13.1. The third-order valence-corrected chi connectivity index (χ3v) is 8.01. The molecule has 1 saturated heterocycles. The molecule has 0 unspecified atom stereocenters. The van der Waals surface area contributed by atoms with E-state index in [2.05, 4.69) is 28.6 Å². The highest BCUT2D eigenvalue weighted by Crippen LogP contribution is 2.34. The van der Waals surface area contributed by atoms with E-state index in [4.69, 9.17) is 0 Å². The number of alkyl halides is 3. The smallest absolute Gasteiger partial charge is 0.406 e. The van der Waals surface area contributed by atoms with Gasteiger partial charge < -0.3 is 4.74 Å². The Morgan fingerprint density at radius 2 is 1.81 bits per heavy atom. The van der Waals surface area contributed by atoms with Gasteiger partial charge in [-0.15, -0.1) is 13.2 Å².